The molecule has 20 heavy (non-hydrogen) atoms. The van der Waals surface area contributed by atoms with E-state index in [1.807, 2.05) is 0 Å². The lowest BCUT2D eigenvalue weighted by Gasteiger charge is -2.28. The third-order valence-electron chi connectivity index (χ3n) is 3.25. The molecule has 0 unspecified atom stereocenters. The minimum Gasteiger partial charge on any atom is -0.304 e. The van der Waals surface area contributed by atoms with Crippen LogP contribution < -0.4 is 16.2 Å². The first-order valence-electron chi connectivity index (χ1n) is 5.95. The van der Waals surface area contributed by atoms with Crippen LogP contribution >= 0.6 is 15.9 Å². The fourth-order valence-corrected chi connectivity index (χ4v) is 2.66. The summed E-state index contributed by atoms with van der Waals surface area (Å²) in [5, 5.41) is 0. The number of nitrogens with two attached hydrogens (primary N) is 1. The monoisotopic (exact) mass is 339 g/mol. The third-order valence-corrected chi connectivity index (χ3v) is 3.91. The van der Waals surface area contributed by atoms with E-state index in [0.29, 0.717) is 15.7 Å². The molecule has 0 bridgehead atoms. The second-order valence-corrected chi connectivity index (χ2v) is 6.07. The Kier molecular flexibility index (Phi) is 3.66. The standard InChI is InChI=1S/C13H14BrN3O3/c1-13(2,12(20)16-15)6-17-8-5-3-4-7(14)9(8)10(18)11(17)19/h3-5H,6,15H2,1-2H3,(H,16,20). The van der Waals surface area contributed by atoms with Crippen LogP contribution in [0.2, 0.25) is 0 Å². The topological polar surface area (TPSA) is 92.5 Å². The van der Waals surface area contributed by atoms with Crippen LogP contribution in [0.25, 0.3) is 0 Å². The predicted octanol–water partition coefficient (Wildman–Crippen LogP) is 0.994. The maximum absolute atomic E-state index is 12.1. The zero-order chi connectivity index (χ0) is 15.1. The number of fused-ring (bicyclic) bond motifs is 1. The number of benzene rings is 1. The van der Waals surface area contributed by atoms with Gasteiger partial charge in [-0.25, -0.2) is 5.84 Å². The van der Waals surface area contributed by atoms with Gasteiger partial charge in [-0.15, -0.1) is 0 Å². The fourth-order valence-electron chi connectivity index (χ4n) is 2.12. The van der Waals surface area contributed by atoms with Gasteiger partial charge in [-0.3, -0.25) is 19.8 Å². The number of nitrogens with one attached hydrogen (secondary N) is 1. The number of hydrogen-bond donors (Lipinski definition) is 2. The molecule has 106 valence electrons. The summed E-state index contributed by atoms with van der Waals surface area (Å²) >= 11 is 3.27. The first-order chi connectivity index (χ1) is 9.29. The molecule has 0 fully saturated rings. The van der Waals surface area contributed by atoms with Gasteiger partial charge in [-0.2, -0.15) is 0 Å². The van der Waals surface area contributed by atoms with Crippen LogP contribution in [0.1, 0.15) is 24.2 Å². The molecule has 6 nitrogen and oxygen atoms in total. The van der Waals surface area contributed by atoms with Crippen molar-refractivity contribution in [1.82, 2.24) is 5.43 Å². The number of hydrogen-bond acceptors (Lipinski definition) is 4. The Labute approximate surface area is 124 Å². The summed E-state index contributed by atoms with van der Waals surface area (Å²) in [6.07, 6.45) is 0. The van der Waals surface area contributed by atoms with Gasteiger partial charge in [0.2, 0.25) is 5.91 Å². The van der Waals surface area contributed by atoms with E-state index in [-0.39, 0.29) is 6.54 Å². The maximum Gasteiger partial charge on any atom is 0.299 e. The minimum absolute atomic E-state index is 0.0735. The Morgan fingerprint density at radius 3 is 2.65 bits per heavy atom. The van der Waals surface area contributed by atoms with E-state index < -0.39 is 23.0 Å². The number of halogens is 1. The lowest BCUT2D eigenvalue weighted by atomic mass is 9.91. The highest BCUT2D eigenvalue weighted by molar-refractivity contribution is 9.10. The molecule has 7 heteroatoms. The lowest BCUT2D eigenvalue weighted by molar-refractivity contribution is -0.129. The predicted molar refractivity (Wildman–Crippen MR) is 76.9 cm³/mol. The van der Waals surface area contributed by atoms with Crippen molar-refractivity contribution in [2.75, 3.05) is 11.4 Å². The second-order valence-electron chi connectivity index (χ2n) is 5.21. The Morgan fingerprint density at radius 2 is 2.05 bits per heavy atom. The summed E-state index contributed by atoms with van der Waals surface area (Å²) in [6, 6.07) is 5.11. The molecule has 1 aliphatic rings. The Morgan fingerprint density at radius 1 is 1.40 bits per heavy atom. The van der Waals surface area contributed by atoms with Gasteiger partial charge >= 0.3 is 0 Å². The second kappa shape index (κ2) is 4.99. The average Bonchev–Trinajstić information content (AvgIpc) is 2.64. The number of hydrazine groups is 1. The smallest absolute Gasteiger partial charge is 0.299 e. The third kappa shape index (κ3) is 2.23. The lowest BCUT2D eigenvalue weighted by Crippen LogP contribution is -2.48. The van der Waals surface area contributed by atoms with E-state index in [0.717, 1.165) is 0 Å². The van der Waals surface area contributed by atoms with Crippen molar-refractivity contribution in [2.45, 2.75) is 13.8 Å². The zero-order valence-electron chi connectivity index (χ0n) is 11.1. The molecule has 0 aliphatic carbocycles. The Balaban J connectivity index is 2.41. The molecule has 0 spiro atoms. The Hall–Kier alpha value is -1.73. The Bertz CT molecular complexity index is 613. The van der Waals surface area contributed by atoms with Gasteiger partial charge in [0.15, 0.2) is 0 Å². The van der Waals surface area contributed by atoms with E-state index in [9.17, 15) is 14.4 Å². The number of ketones is 1. The number of nitrogens with zero attached hydrogens (tertiary/aromatic N) is 1. The van der Waals surface area contributed by atoms with Gasteiger partial charge in [0, 0.05) is 11.0 Å². The molecule has 0 aromatic heterocycles. The van der Waals surface area contributed by atoms with Crippen molar-refractivity contribution < 1.29 is 14.4 Å². The van der Waals surface area contributed by atoms with Crippen LogP contribution in [0, 0.1) is 5.41 Å². The fraction of sp³-hybridized carbons (Fsp3) is 0.308. The van der Waals surface area contributed by atoms with Gasteiger partial charge in [-0.1, -0.05) is 6.07 Å². The molecule has 0 radical (unpaired) electrons. The van der Waals surface area contributed by atoms with Crippen molar-refractivity contribution in [1.29, 1.82) is 0 Å². The first-order valence-corrected chi connectivity index (χ1v) is 6.74. The summed E-state index contributed by atoms with van der Waals surface area (Å²) in [5.41, 5.74) is 2.00. The normalized spacial score (nSPS) is 14.5. The summed E-state index contributed by atoms with van der Waals surface area (Å²) in [6.45, 7) is 3.38. The van der Waals surface area contributed by atoms with E-state index in [1.165, 1.54) is 4.90 Å². The summed E-state index contributed by atoms with van der Waals surface area (Å²) < 4.78 is 0.567. The van der Waals surface area contributed by atoms with Gasteiger partial charge in [0.1, 0.15) is 0 Å². The SMILES string of the molecule is CC(C)(CN1C(=O)C(=O)c2c(Br)cccc21)C(=O)NN. The molecule has 1 aromatic rings. The number of Topliss-reactive ketones (excluding diaryl/α,β-unsaturated/α-hetero) is 1. The molecule has 2 amide bonds. The van der Waals surface area contributed by atoms with Crippen molar-refractivity contribution >= 4 is 39.2 Å². The molecule has 3 N–H and O–H groups in total. The van der Waals surface area contributed by atoms with Crippen LogP contribution in [-0.4, -0.2) is 24.1 Å². The maximum atomic E-state index is 12.1. The van der Waals surface area contributed by atoms with Crippen LogP contribution in [0.4, 0.5) is 5.69 Å². The van der Waals surface area contributed by atoms with E-state index in [4.69, 9.17) is 5.84 Å². The highest BCUT2D eigenvalue weighted by Crippen LogP contribution is 2.36. The van der Waals surface area contributed by atoms with Crippen molar-refractivity contribution in [3.05, 3.63) is 28.2 Å². The molecular weight excluding hydrogens is 326 g/mol. The van der Waals surface area contributed by atoms with Gasteiger partial charge in [0.25, 0.3) is 11.7 Å². The number of rotatable bonds is 3. The molecule has 2 rings (SSSR count). The van der Waals surface area contributed by atoms with E-state index in [2.05, 4.69) is 21.4 Å². The van der Waals surface area contributed by atoms with E-state index in [1.54, 1.807) is 32.0 Å². The summed E-state index contributed by atoms with van der Waals surface area (Å²) in [4.78, 5) is 37.1. The van der Waals surface area contributed by atoms with Crippen LogP contribution in [-0.2, 0) is 9.59 Å². The molecule has 0 saturated heterocycles. The van der Waals surface area contributed by atoms with Gasteiger partial charge in [-0.05, 0) is 41.9 Å². The zero-order valence-corrected chi connectivity index (χ0v) is 12.7. The highest BCUT2D eigenvalue weighted by atomic mass is 79.9. The summed E-state index contributed by atoms with van der Waals surface area (Å²) in [5.74, 6) is 3.53. The first kappa shape index (κ1) is 14.7. The average molecular weight is 340 g/mol. The molecule has 1 heterocycles. The van der Waals surface area contributed by atoms with Crippen molar-refractivity contribution in [3.8, 4) is 0 Å². The van der Waals surface area contributed by atoms with Gasteiger partial charge in [0.05, 0.1) is 16.7 Å². The van der Waals surface area contributed by atoms with Crippen molar-refractivity contribution in [3.63, 3.8) is 0 Å². The number of carbonyl (C=O) groups excluding carboxylic acids is 3. The molecular formula is C13H14BrN3O3. The number of anilines is 1. The highest BCUT2D eigenvalue weighted by Gasteiger charge is 2.41. The quantitative estimate of drug-likeness (QED) is 0.372. The van der Waals surface area contributed by atoms with Crippen LogP contribution in [0.15, 0.2) is 22.7 Å². The number of amides is 2. The van der Waals surface area contributed by atoms with Gasteiger partial charge < -0.3 is 4.90 Å². The largest absolute Gasteiger partial charge is 0.304 e. The van der Waals surface area contributed by atoms with Crippen LogP contribution in [0.5, 0.6) is 0 Å². The summed E-state index contributed by atoms with van der Waals surface area (Å²) in [7, 11) is 0. The van der Waals surface area contributed by atoms with Crippen molar-refractivity contribution in [2.24, 2.45) is 11.3 Å². The molecule has 0 atom stereocenters. The molecule has 1 aliphatic heterocycles. The number of carbonyl (C=O) groups is 3. The van der Waals surface area contributed by atoms with Crippen LogP contribution in [0.3, 0.4) is 0 Å². The minimum atomic E-state index is -0.908. The molecule has 0 saturated carbocycles. The molecule has 1 aromatic carbocycles. The van der Waals surface area contributed by atoms with E-state index >= 15 is 0 Å².